The van der Waals surface area contributed by atoms with Crippen molar-refractivity contribution in [1.82, 2.24) is 10.2 Å². The predicted octanol–water partition coefficient (Wildman–Crippen LogP) is 4.44. The van der Waals surface area contributed by atoms with Crippen LogP contribution in [0.4, 0.5) is 0 Å². The molecule has 0 spiro atoms. The van der Waals surface area contributed by atoms with Gasteiger partial charge in [0.05, 0.1) is 51.8 Å². The molecular weight excluding hydrogens is 476 g/mol. The number of nitrogens with zero attached hydrogens (tertiary/aromatic N) is 1. The summed E-state index contributed by atoms with van der Waals surface area (Å²) < 4.78 is 25.1. The number of nitrogens with one attached hydrogen (secondary N) is 1. The first-order valence-corrected chi connectivity index (χ1v) is 13.8. The monoisotopic (exact) mass is 516 g/mol. The lowest BCUT2D eigenvalue weighted by Gasteiger charge is -2.44. The summed E-state index contributed by atoms with van der Waals surface area (Å²) in [7, 11) is 0. The van der Waals surface area contributed by atoms with Crippen molar-refractivity contribution >= 4 is 0 Å². The van der Waals surface area contributed by atoms with Crippen molar-refractivity contribution in [3.63, 3.8) is 0 Å². The predicted molar refractivity (Wildman–Crippen MR) is 149 cm³/mol. The summed E-state index contributed by atoms with van der Waals surface area (Å²) in [5.41, 5.74) is 3.51. The van der Waals surface area contributed by atoms with Gasteiger partial charge in [0.1, 0.15) is 6.10 Å². The molecule has 0 amide bonds. The molecule has 0 saturated carbocycles. The second-order valence-electron chi connectivity index (χ2n) is 10.2. The van der Waals surface area contributed by atoms with Crippen LogP contribution in [-0.4, -0.2) is 68.6 Å². The van der Waals surface area contributed by atoms with Crippen molar-refractivity contribution in [3.05, 3.63) is 108 Å². The summed E-state index contributed by atoms with van der Waals surface area (Å²) >= 11 is 0. The van der Waals surface area contributed by atoms with Gasteiger partial charge in [0.2, 0.25) is 0 Å². The van der Waals surface area contributed by atoms with E-state index in [-0.39, 0.29) is 24.3 Å². The third kappa shape index (κ3) is 8.21. The maximum atomic E-state index is 6.62. The summed E-state index contributed by atoms with van der Waals surface area (Å²) in [4.78, 5) is 2.49. The second-order valence-corrected chi connectivity index (χ2v) is 10.2. The molecule has 6 nitrogen and oxygen atoms in total. The zero-order valence-corrected chi connectivity index (χ0v) is 22.1. The minimum atomic E-state index is -0.129. The molecule has 0 aliphatic carbocycles. The van der Waals surface area contributed by atoms with Gasteiger partial charge < -0.3 is 24.3 Å². The van der Waals surface area contributed by atoms with Gasteiger partial charge in [0, 0.05) is 25.7 Å². The molecule has 2 heterocycles. The fourth-order valence-electron chi connectivity index (χ4n) is 5.31. The van der Waals surface area contributed by atoms with Crippen LogP contribution in [0.5, 0.6) is 0 Å². The molecule has 2 fully saturated rings. The lowest BCUT2D eigenvalue weighted by atomic mass is 9.92. The molecule has 5 rings (SSSR count). The molecule has 38 heavy (non-hydrogen) atoms. The number of benzene rings is 3. The Kier molecular flexibility index (Phi) is 10.3. The van der Waals surface area contributed by atoms with Crippen molar-refractivity contribution in [1.29, 1.82) is 0 Å². The van der Waals surface area contributed by atoms with E-state index in [1.165, 1.54) is 11.1 Å². The Bertz CT molecular complexity index is 1050. The highest BCUT2D eigenvalue weighted by Crippen LogP contribution is 2.25. The largest absolute Gasteiger partial charge is 0.379 e. The normalized spacial score (nSPS) is 24.3. The fraction of sp³-hybridized carbons (Fsp3) is 0.438. The van der Waals surface area contributed by atoms with Gasteiger partial charge in [-0.15, -0.1) is 0 Å². The van der Waals surface area contributed by atoms with Crippen molar-refractivity contribution in [2.75, 3.05) is 39.5 Å². The van der Waals surface area contributed by atoms with E-state index in [4.69, 9.17) is 18.9 Å². The van der Waals surface area contributed by atoms with Crippen molar-refractivity contribution in [2.45, 2.75) is 50.5 Å². The molecule has 3 aromatic rings. The summed E-state index contributed by atoms with van der Waals surface area (Å²) in [6, 6.07) is 31.4. The summed E-state index contributed by atoms with van der Waals surface area (Å²) in [5.74, 6) is 0. The topological polar surface area (TPSA) is 52.2 Å². The van der Waals surface area contributed by atoms with Crippen molar-refractivity contribution in [3.8, 4) is 0 Å². The van der Waals surface area contributed by atoms with Crippen LogP contribution < -0.4 is 5.32 Å². The van der Waals surface area contributed by atoms with E-state index in [1.54, 1.807) is 0 Å². The standard InChI is InChI=1S/C32H40N2O4/c1-4-10-26(11-5-1)22-36-25-30-32(38-24-28-14-8-3-9-15-28)31(37-23-27-12-6-2-7-13-27)20-29(33-30)21-34-16-18-35-19-17-34/h1-15,29-33H,16-25H2/t29-,30+,31+,32+/m0/s1. The van der Waals surface area contributed by atoms with Gasteiger partial charge in [-0.3, -0.25) is 4.90 Å². The highest BCUT2D eigenvalue weighted by Gasteiger charge is 2.40. The Morgan fingerprint density at radius 1 is 0.711 bits per heavy atom. The lowest BCUT2D eigenvalue weighted by molar-refractivity contribution is -0.135. The molecule has 4 atom stereocenters. The molecule has 0 aromatic heterocycles. The number of hydrogen-bond donors (Lipinski definition) is 1. The SMILES string of the molecule is c1ccc(COC[C@H]2N[C@H](CN3CCOCC3)C[C@@H](OCc3ccccc3)[C@@H]2OCc2ccccc2)cc1. The fourth-order valence-corrected chi connectivity index (χ4v) is 5.31. The van der Waals surface area contributed by atoms with Crippen molar-refractivity contribution in [2.24, 2.45) is 0 Å². The Morgan fingerprint density at radius 3 is 1.87 bits per heavy atom. The first-order chi connectivity index (χ1) is 18.8. The van der Waals surface area contributed by atoms with Gasteiger partial charge in [0.15, 0.2) is 0 Å². The molecule has 6 heteroatoms. The highest BCUT2D eigenvalue weighted by molar-refractivity contribution is 5.15. The zero-order valence-electron chi connectivity index (χ0n) is 22.1. The van der Waals surface area contributed by atoms with E-state index in [1.807, 2.05) is 18.2 Å². The van der Waals surface area contributed by atoms with Gasteiger partial charge in [-0.25, -0.2) is 0 Å². The second kappa shape index (κ2) is 14.5. The number of rotatable bonds is 12. The number of piperidine rings is 1. The number of hydrogen-bond acceptors (Lipinski definition) is 6. The minimum Gasteiger partial charge on any atom is -0.379 e. The molecule has 0 bridgehead atoms. The van der Waals surface area contributed by atoms with Gasteiger partial charge in [-0.1, -0.05) is 91.0 Å². The van der Waals surface area contributed by atoms with E-state index < -0.39 is 0 Å². The van der Waals surface area contributed by atoms with Crippen LogP contribution >= 0.6 is 0 Å². The Hall–Kier alpha value is -2.58. The van der Waals surface area contributed by atoms with Crippen LogP contribution in [0.1, 0.15) is 23.1 Å². The first kappa shape index (κ1) is 27.0. The van der Waals surface area contributed by atoms with Crippen LogP contribution in [0.25, 0.3) is 0 Å². The molecule has 0 unspecified atom stereocenters. The Labute approximate surface area is 226 Å². The quantitative estimate of drug-likeness (QED) is 0.384. The van der Waals surface area contributed by atoms with Crippen LogP contribution in [0.3, 0.4) is 0 Å². The molecule has 2 aliphatic heterocycles. The molecule has 2 saturated heterocycles. The smallest absolute Gasteiger partial charge is 0.102 e. The first-order valence-electron chi connectivity index (χ1n) is 13.8. The van der Waals surface area contributed by atoms with E-state index in [0.717, 1.165) is 44.8 Å². The van der Waals surface area contributed by atoms with Gasteiger partial charge in [-0.2, -0.15) is 0 Å². The Balaban J connectivity index is 1.30. The number of ether oxygens (including phenoxy) is 4. The molecule has 1 N–H and O–H groups in total. The van der Waals surface area contributed by atoms with Crippen LogP contribution in [-0.2, 0) is 38.8 Å². The van der Waals surface area contributed by atoms with Crippen molar-refractivity contribution < 1.29 is 18.9 Å². The van der Waals surface area contributed by atoms with E-state index in [9.17, 15) is 0 Å². The van der Waals surface area contributed by atoms with E-state index in [2.05, 4.69) is 83.0 Å². The third-order valence-electron chi connectivity index (χ3n) is 7.31. The van der Waals surface area contributed by atoms with Crippen LogP contribution in [0.2, 0.25) is 0 Å². The minimum absolute atomic E-state index is 0.0167. The van der Waals surface area contributed by atoms with E-state index in [0.29, 0.717) is 26.4 Å². The highest BCUT2D eigenvalue weighted by atomic mass is 16.5. The molecule has 3 aromatic carbocycles. The van der Waals surface area contributed by atoms with E-state index >= 15 is 0 Å². The molecule has 0 radical (unpaired) electrons. The molecule has 2 aliphatic rings. The van der Waals surface area contributed by atoms with Crippen LogP contribution in [0, 0.1) is 0 Å². The summed E-state index contributed by atoms with van der Waals surface area (Å²) in [5, 5.41) is 3.89. The molecular formula is C32H40N2O4. The van der Waals surface area contributed by atoms with Gasteiger partial charge in [-0.05, 0) is 23.1 Å². The molecule has 202 valence electrons. The summed E-state index contributed by atoms with van der Waals surface area (Å²) in [6.45, 7) is 6.75. The van der Waals surface area contributed by atoms with Gasteiger partial charge >= 0.3 is 0 Å². The third-order valence-corrected chi connectivity index (χ3v) is 7.31. The average molecular weight is 517 g/mol. The lowest BCUT2D eigenvalue weighted by Crippen LogP contribution is -2.62. The average Bonchev–Trinajstić information content (AvgIpc) is 2.98. The summed E-state index contributed by atoms with van der Waals surface area (Å²) in [6.07, 6.45) is 0.714. The zero-order chi connectivity index (χ0) is 25.8. The van der Waals surface area contributed by atoms with Crippen LogP contribution in [0.15, 0.2) is 91.0 Å². The Morgan fingerprint density at radius 2 is 1.26 bits per heavy atom. The number of morpholine rings is 1. The maximum Gasteiger partial charge on any atom is 0.102 e. The van der Waals surface area contributed by atoms with Gasteiger partial charge in [0.25, 0.3) is 0 Å². The maximum absolute atomic E-state index is 6.62.